The molecule has 0 aliphatic heterocycles. The summed E-state index contributed by atoms with van der Waals surface area (Å²) in [6.07, 6.45) is 2.60. The highest BCUT2D eigenvalue weighted by atomic mass is 127. The van der Waals surface area contributed by atoms with Crippen molar-refractivity contribution in [2.45, 2.75) is 33.4 Å². The molecule has 0 amide bonds. The lowest BCUT2D eigenvalue weighted by Crippen LogP contribution is -2.36. The van der Waals surface area contributed by atoms with Crippen molar-refractivity contribution in [3.8, 4) is 11.4 Å². The summed E-state index contributed by atoms with van der Waals surface area (Å²) in [5.41, 5.74) is 2.14. The molecular formula is C19H25IN6S. The number of thiophene rings is 1. The Balaban J connectivity index is 0.00000261. The summed E-state index contributed by atoms with van der Waals surface area (Å²) in [5, 5.41) is 13.5. The van der Waals surface area contributed by atoms with E-state index in [9.17, 15) is 0 Å². The van der Waals surface area contributed by atoms with E-state index < -0.39 is 0 Å². The number of hydrogen-bond donors (Lipinski definition) is 3. The van der Waals surface area contributed by atoms with E-state index in [1.165, 1.54) is 16.1 Å². The van der Waals surface area contributed by atoms with Gasteiger partial charge >= 0.3 is 0 Å². The number of aryl methyl sites for hydroxylation is 1. The smallest absolute Gasteiger partial charge is 0.191 e. The van der Waals surface area contributed by atoms with Crippen molar-refractivity contribution in [1.29, 1.82) is 0 Å². The second-order valence-corrected chi connectivity index (χ2v) is 7.06. The van der Waals surface area contributed by atoms with Gasteiger partial charge in [-0.1, -0.05) is 25.1 Å². The lowest BCUT2D eigenvalue weighted by atomic mass is 10.1. The summed E-state index contributed by atoms with van der Waals surface area (Å²) in [6.45, 7) is 6.47. The quantitative estimate of drug-likeness (QED) is 0.263. The van der Waals surface area contributed by atoms with Crippen molar-refractivity contribution in [1.82, 2.24) is 25.8 Å². The summed E-state index contributed by atoms with van der Waals surface area (Å²) < 4.78 is 0. The predicted molar refractivity (Wildman–Crippen MR) is 123 cm³/mol. The molecule has 2 heterocycles. The predicted octanol–water partition coefficient (Wildman–Crippen LogP) is 3.97. The molecule has 0 atom stereocenters. The van der Waals surface area contributed by atoms with Crippen LogP contribution in [0.3, 0.4) is 0 Å². The Kier molecular flexibility index (Phi) is 8.73. The third-order valence-electron chi connectivity index (χ3n) is 3.88. The Morgan fingerprint density at radius 1 is 1.15 bits per heavy atom. The van der Waals surface area contributed by atoms with E-state index in [-0.39, 0.29) is 24.0 Å². The zero-order valence-corrected chi connectivity index (χ0v) is 18.7. The van der Waals surface area contributed by atoms with E-state index in [1.54, 1.807) is 0 Å². The first-order chi connectivity index (χ1) is 12.8. The molecule has 0 spiro atoms. The number of benzene rings is 1. The number of hydrogen-bond acceptors (Lipinski definition) is 4. The highest BCUT2D eigenvalue weighted by Gasteiger charge is 2.04. The minimum absolute atomic E-state index is 0. The third kappa shape index (κ3) is 6.31. The highest BCUT2D eigenvalue weighted by Crippen LogP contribution is 2.17. The van der Waals surface area contributed by atoms with Crippen LogP contribution in [0.4, 0.5) is 0 Å². The number of aromatic amines is 1. The monoisotopic (exact) mass is 496 g/mol. The van der Waals surface area contributed by atoms with Gasteiger partial charge < -0.3 is 10.6 Å². The first-order valence-corrected chi connectivity index (χ1v) is 9.64. The molecule has 3 aromatic rings. The van der Waals surface area contributed by atoms with Crippen LogP contribution in [0.5, 0.6) is 0 Å². The normalized spacial score (nSPS) is 11.1. The van der Waals surface area contributed by atoms with Gasteiger partial charge in [0.2, 0.25) is 0 Å². The van der Waals surface area contributed by atoms with E-state index in [2.05, 4.69) is 63.9 Å². The van der Waals surface area contributed by atoms with Gasteiger partial charge in [-0.25, -0.2) is 9.98 Å². The largest absolute Gasteiger partial charge is 0.357 e. The molecule has 0 aliphatic rings. The molecule has 0 saturated carbocycles. The summed E-state index contributed by atoms with van der Waals surface area (Å²) >= 11 is 1.85. The number of H-pyrrole nitrogens is 1. The molecule has 8 heteroatoms. The molecule has 3 N–H and O–H groups in total. The second kappa shape index (κ2) is 11.0. The van der Waals surface area contributed by atoms with Crippen molar-refractivity contribution in [2.24, 2.45) is 4.99 Å². The van der Waals surface area contributed by atoms with Crippen molar-refractivity contribution in [2.75, 3.05) is 6.54 Å². The Morgan fingerprint density at radius 2 is 2.00 bits per heavy atom. The van der Waals surface area contributed by atoms with Crippen LogP contribution in [0, 0.1) is 0 Å². The van der Waals surface area contributed by atoms with Gasteiger partial charge in [-0.15, -0.1) is 35.3 Å². The molecule has 27 heavy (non-hydrogen) atoms. The molecule has 2 aromatic heterocycles. The first-order valence-electron chi connectivity index (χ1n) is 8.83. The topological polar surface area (TPSA) is 78.0 Å². The van der Waals surface area contributed by atoms with Crippen LogP contribution >= 0.6 is 35.3 Å². The average Bonchev–Trinajstić information content (AvgIpc) is 3.36. The number of nitrogens with one attached hydrogen (secondary N) is 3. The highest BCUT2D eigenvalue weighted by molar-refractivity contribution is 14.0. The van der Waals surface area contributed by atoms with Gasteiger partial charge in [0.25, 0.3) is 0 Å². The van der Waals surface area contributed by atoms with Crippen LogP contribution < -0.4 is 10.6 Å². The van der Waals surface area contributed by atoms with Crippen LogP contribution in [0.15, 0.2) is 47.7 Å². The lowest BCUT2D eigenvalue weighted by Gasteiger charge is -2.10. The molecule has 144 valence electrons. The fourth-order valence-corrected chi connectivity index (χ4v) is 3.45. The SMILES string of the molecule is CCNC(=NCc1cccc(-c2ncn[nH]2)c1)NCc1ccc(CC)s1.I. The Bertz CT molecular complexity index is 844. The maximum absolute atomic E-state index is 4.70. The van der Waals surface area contributed by atoms with Crippen molar-refractivity contribution in [3.05, 3.63) is 58.0 Å². The van der Waals surface area contributed by atoms with Crippen LogP contribution in [0.25, 0.3) is 11.4 Å². The number of rotatable bonds is 7. The molecule has 1 aromatic carbocycles. The van der Waals surface area contributed by atoms with Crippen molar-refractivity contribution >= 4 is 41.3 Å². The molecule has 0 radical (unpaired) electrons. The average molecular weight is 496 g/mol. The van der Waals surface area contributed by atoms with Crippen LogP contribution in [0.1, 0.15) is 29.2 Å². The van der Waals surface area contributed by atoms with E-state index in [4.69, 9.17) is 4.99 Å². The summed E-state index contributed by atoms with van der Waals surface area (Å²) in [7, 11) is 0. The molecule has 3 rings (SSSR count). The van der Waals surface area contributed by atoms with Crippen LogP contribution in [0.2, 0.25) is 0 Å². The molecule has 0 unspecified atom stereocenters. The number of halogens is 1. The van der Waals surface area contributed by atoms with E-state index in [1.807, 2.05) is 23.5 Å². The van der Waals surface area contributed by atoms with Gasteiger partial charge in [-0.2, -0.15) is 5.10 Å². The molecule has 0 bridgehead atoms. The zero-order chi connectivity index (χ0) is 18.2. The maximum atomic E-state index is 4.70. The Morgan fingerprint density at radius 3 is 2.70 bits per heavy atom. The van der Waals surface area contributed by atoms with Crippen molar-refractivity contribution < 1.29 is 0 Å². The fourth-order valence-electron chi connectivity index (χ4n) is 2.55. The van der Waals surface area contributed by atoms with E-state index >= 15 is 0 Å². The second-order valence-electron chi connectivity index (χ2n) is 5.80. The molecule has 0 saturated heterocycles. The minimum Gasteiger partial charge on any atom is -0.357 e. The van der Waals surface area contributed by atoms with Crippen molar-refractivity contribution in [3.63, 3.8) is 0 Å². The van der Waals surface area contributed by atoms with Gasteiger partial charge in [-0.05, 0) is 37.1 Å². The van der Waals surface area contributed by atoms with E-state index in [0.29, 0.717) is 6.54 Å². The Labute approximate surface area is 180 Å². The van der Waals surface area contributed by atoms with Gasteiger partial charge in [-0.3, -0.25) is 5.10 Å². The fraction of sp³-hybridized carbons (Fsp3) is 0.316. The van der Waals surface area contributed by atoms with Gasteiger partial charge in [0.15, 0.2) is 11.8 Å². The summed E-state index contributed by atoms with van der Waals surface area (Å²) in [6, 6.07) is 12.6. The standard InChI is InChI=1S/C19H24N6S.HI/c1-3-16-8-9-17(26-16)12-22-19(20-4-2)21-11-14-6-5-7-15(10-14)18-23-13-24-25-18;/h5-10,13H,3-4,11-12H2,1-2H3,(H2,20,21,22)(H,23,24,25);1H. The lowest BCUT2D eigenvalue weighted by molar-refractivity contribution is 0.823. The van der Waals surface area contributed by atoms with Crippen LogP contribution in [-0.4, -0.2) is 27.7 Å². The number of guanidine groups is 1. The molecule has 0 aliphatic carbocycles. The molecular weight excluding hydrogens is 471 g/mol. The minimum atomic E-state index is 0. The number of nitrogens with zero attached hydrogens (tertiary/aromatic N) is 3. The van der Waals surface area contributed by atoms with Gasteiger partial charge in [0.05, 0.1) is 13.1 Å². The molecule has 0 fully saturated rings. The van der Waals surface area contributed by atoms with Gasteiger partial charge in [0.1, 0.15) is 6.33 Å². The van der Waals surface area contributed by atoms with Gasteiger partial charge in [0, 0.05) is 21.9 Å². The Hall–Kier alpha value is -1.94. The number of aromatic nitrogens is 3. The maximum Gasteiger partial charge on any atom is 0.191 e. The zero-order valence-electron chi connectivity index (χ0n) is 15.5. The first kappa shape index (κ1) is 21.4. The van der Waals surface area contributed by atoms with Crippen LogP contribution in [-0.2, 0) is 19.5 Å². The number of aliphatic imine (C=N–C) groups is 1. The summed E-state index contributed by atoms with van der Waals surface area (Å²) in [4.78, 5) is 11.6. The van der Waals surface area contributed by atoms with E-state index in [0.717, 1.165) is 42.4 Å². The molecule has 6 nitrogen and oxygen atoms in total. The summed E-state index contributed by atoms with van der Waals surface area (Å²) in [5.74, 6) is 1.59. The third-order valence-corrected chi connectivity index (χ3v) is 5.10.